The van der Waals surface area contributed by atoms with Crippen molar-refractivity contribution in [3.05, 3.63) is 60.7 Å². The van der Waals surface area contributed by atoms with Crippen molar-refractivity contribution in [2.75, 3.05) is 13.2 Å². The van der Waals surface area contributed by atoms with Crippen LogP contribution in [0.15, 0.2) is 60.7 Å². The van der Waals surface area contributed by atoms with E-state index in [0.29, 0.717) is 6.42 Å². The number of ketones is 1. The highest BCUT2D eigenvalue weighted by Crippen LogP contribution is 2.44. The molecule has 0 bridgehead atoms. The van der Waals surface area contributed by atoms with E-state index in [1.807, 2.05) is 19.1 Å². The monoisotopic (exact) mass is 522 g/mol. The molecule has 0 unspecified atom stereocenters. The molecule has 2 aromatic carbocycles. The summed E-state index contributed by atoms with van der Waals surface area (Å²) < 4.78 is 26.5. The maximum absolute atomic E-state index is 13.7. The molecule has 3 aliphatic rings. The summed E-state index contributed by atoms with van der Waals surface area (Å²) in [6.07, 6.45) is 3.92. The normalized spacial score (nSPS) is 32.8. The van der Waals surface area contributed by atoms with Crippen molar-refractivity contribution in [1.29, 1.82) is 0 Å². The molecule has 0 aliphatic carbocycles. The molecule has 0 saturated carbocycles. The lowest BCUT2D eigenvalue weighted by Gasteiger charge is -2.50. The molecule has 2 aromatic rings. The zero-order valence-corrected chi connectivity index (χ0v) is 24.0. The first-order valence-corrected chi connectivity index (χ1v) is 15.7. The predicted molar refractivity (Wildman–Crippen MR) is 148 cm³/mol. The van der Waals surface area contributed by atoms with Crippen molar-refractivity contribution < 1.29 is 23.4 Å². The summed E-state index contributed by atoms with van der Waals surface area (Å²) in [6, 6.07) is 21.1. The van der Waals surface area contributed by atoms with Crippen LogP contribution in [0.4, 0.5) is 0 Å². The quantitative estimate of drug-likeness (QED) is 0.528. The third-order valence-electron chi connectivity index (χ3n) is 8.72. The minimum Gasteiger partial charge on any atom is -0.404 e. The van der Waals surface area contributed by atoms with Crippen LogP contribution < -0.4 is 10.4 Å². The number of hydrogen-bond acceptors (Lipinski definition) is 5. The number of Topliss-reactive ketones (excluding diaryl/α,β-unsaturated/α-hetero) is 1. The van der Waals surface area contributed by atoms with E-state index in [1.54, 1.807) is 0 Å². The average Bonchev–Trinajstić information content (AvgIpc) is 3.01. The van der Waals surface area contributed by atoms with Gasteiger partial charge in [-0.2, -0.15) is 0 Å². The largest absolute Gasteiger partial charge is 0.404 e. The Hall–Kier alpha value is -1.83. The Morgan fingerprint density at radius 2 is 1.57 bits per heavy atom. The van der Waals surface area contributed by atoms with Gasteiger partial charge >= 0.3 is 0 Å². The van der Waals surface area contributed by atoms with E-state index in [1.165, 1.54) is 10.4 Å². The van der Waals surface area contributed by atoms with Crippen molar-refractivity contribution in [2.24, 2.45) is 0 Å². The van der Waals surface area contributed by atoms with Gasteiger partial charge in [0.2, 0.25) is 0 Å². The molecule has 0 radical (unpaired) electrons. The Bertz CT molecular complexity index is 1040. The number of ether oxygens (including phenoxy) is 3. The molecular weight excluding hydrogens is 480 g/mol. The van der Waals surface area contributed by atoms with Crippen LogP contribution in [0, 0.1) is 0 Å². The van der Waals surface area contributed by atoms with Crippen LogP contribution in [-0.4, -0.2) is 56.8 Å². The lowest BCUT2D eigenvalue weighted by Crippen LogP contribution is -2.69. The molecule has 0 amide bonds. The maximum atomic E-state index is 13.7. The summed E-state index contributed by atoms with van der Waals surface area (Å²) in [5, 5.41) is 2.22. The van der Waals surface area contributed by atoms with E-state index < -0.39 is 19.5 Å². The molecule has 6 heteroatoms. The third kappa shape index (κ3) is 4.87. The highest BCUT2D eigenvalue weighted by atomic mass is 28.4. The molecule has 3 saturated heterocycles. The summed E-state index contributed by atoms with van der Waals surface area (Å²) in [5.74, 6) is 0.0584. The van der Waals surface area contributed by atoms with E-state index in [4.69, 9.17) is 18.6 Å². The van der Waals surface area contributed by atoms with Gasteiger partial charge in [0, 0.05) is 13.0 Å². The van der Waals surface area contributed by atoms with Gasteiger partial charge in [0.05, 0.1) is 30.5 Å². The first kappa shape index (κ1) is 26.8. The second-order valence-corrected chi connectivity index (χ2v) is 16.8. The third-order valence-corrected chi connectivity index (χ3v) is 13.7. The zero-order chi connectivity index (χ0) is 26.3. The van der Waals surface area contributed by atoms with Crippen molar-refractivity contribution in [3.63, 3.8) is 0 Å². The average molecular weight is 523 g/mol. The maximum Gasteiger partial charge on any atom is 0.261 e. The molecule has 0 aromatic heterocycles. The number of carbonyl (C=O) groups is 1. The lowest BCUT2D eigenvalue weighted by atomic mass is 9.81. The molecule has 3 aliphatic heterocycles. The first-order valence-electron chi connectivity index (χ1n) is 13.8. The van der Waals surface area contributed by atoms with Gasteiger partial charge in [-0.05, 0) is 54.9 Å². The lowest BCUT2D eigenvalue weighted by molar-refractivity contribution is -0.238. The summed E-state index contributed by atoms with van der Waals surface area (Å²) in [6.45, 7) is 11.8. The van der Waals surface area contributed by atoms with Crippen LogP contribution in [0.2, 0.25) is 5.04 Å². The van der Waals surface area contributed by atoms with Crippen LogP contribution in [0.5, 0.6) is 0 Å². The number of hydrogen-bond donors (Lipinski definition) is 0. The fraction of sp³-hybridized carbons (Fsp3) is 0.581. The fourth-order valence-electron chi connectivity index (χ4n) is 6.64. The van der Waals surface area contributed by atoms with Crippen LogP contribution in [0.1, 0.15) is 66.7 Å². The number of rotatable bonds is 5. The second-order valence-electron chi connectivity index (χ2n) is 12.5. The van der Waals surface area contributed by atoms with E-state index in [-0.39, 0.29) is 35.7 Å². The molecule has 37 heavy (non-hydrogen) atoms. The van der Waals surface area contributed by atoms with Gasteiger partial charge in [-0.25, -0.2) is 0 Å². The smallest absolute Gasteiger partial charge is 0.261 e. The van der Waals surface area contributed by atoms with Crippen molar-refractivity contribution in [1.82, 2.24) is 0 Å². The minimum absolute atomic E-state index is 0.0506. The summed E-state index contributed by atoms with van der Waals surface area (Å²) >= 11 is 0. The Morgan fingerprint density at radius 3 is 2.16 bits per heavy atom. The zero-order valence-electron chi connectivity index (χ0n) is 23.0. The molecule has 5 nitrogen and oxygen atoms in total. The first-order chi connectivity index (χ1) is 17.6. The van der Waals surface area contributed by atoms with Crippen molar-refractivity contribution in [2.45, 2.75) is 101 Å². The van der Waals surface area contributed by atoms with Gasteiger partial charge in [0.15, 0.2) is 5.78 Å². The summed E-state index contributed by atoms with van der Waals surface area (Å²) in [4.78, 5) is 13.7. The highest BCUT2D eigenvalue weighted by molar-refractivity contribution is 6.99. The summed E-state index contributed by atoms with van der Waals surface area (Å²) in [5.41, 5.74) is -1.60. The molecule has 0 N–H and O–H groups in total. The topological polar surface area (TPSA) is 54.0 Å². The Labute approximate surface area is 223 Å². The molecule has 200 valence electrons. The second kappa shape index (κ2) is 10.0. The Kier molecular flexibility index (Phi) is 7.27. The number of benzene rings is 2. The van der Waals surface area contributed by atoms with Crippen LogP contribution in [0.3, 0.4) is 0 Å². The molecule has 0 spiro atoms. The van der Waals surface area contributed by atoms with Gasteiger partial charge in [0.1, 0.15) is 5.60 Å². The molecule has 3 fully saturated rings. The van der Waals surface area contributed by atoms with E-state index in [9.17, 15) is 4.79 Å². The number of carbonyl (C=O) groups excluding carboxylic acids is 1. The Balaban J connectivity index is 1.46. The van der Waals surface area contributed by atoms with Crippen LogP contribution in [0.25, 0.3) is 0 Å². The summed E-state index contributed by atoms with van der Waals surface area (Å²) in [7, 11) is -2.80. The molecular formula is C31H42O5Si. The van der Waals surface area contributed by atoms with Crippen LogP contribution in [-0.2, 0) is 23.4 Å². The van der Waals surface area contributed by atoms with Gasteiger partial charge in [-0.1, -0.05) is 81.4 Å². The minimum atomic E-state index is -2.80. The van der Waals surface area contributed by atoms with Gasteiger partial charge in [0.25, 0.3) is 8.32 Å². The molecule has 5 rings (SSSR count). The van der Waals surface area contributed by atoms with E-state index in [0.717, 1.165) is 32.3 Å². The Morgan fingerprint density at radius 1 is 0.946 bits per heavy atom. The highest BCUT2D eigenvalue weighted by Gasteiger charge is 2.57. The van der Waals surface area contributed by atoms with Gasteiger partial charge < -0.3 is 18.6 Å². The van der Waals surface area contributed by atoms with Crippen LogP contribution >= 0.6 is 0 Å². The van der Waals surface area contributed by atoms with Crippen molar-refractivity contribution in [3.8, 4) is 0 Å². The molecule has 3 heterocycles. The standard InChI is InChI=1S/C31H42O5Si/c1-29(2,3)37(23-13-8-6-9-14-23,24-15-10-7-11-16-24)34-22-31(5)27(32)21-28-30(4,36-31)19-18-25-26(35-28)17-12-20-33-25/h6-11,13-16,25-26,28H,12,17-22H2,1-5H3/t25-,26+,28-,30+,31-/m1/s1. The predicted octanol–water partition coefficient (Wildman–Crippen LogP) is 4.80. The molecule has 5 atom stereocenters. The SMILES string of the molecule is CC(C)(C)[Si](OC[C@@]1(C)O[C@@]2(C)CC[C@H]3OCCC[C@@H]3O[C@@H]2CC1=O)(c1ccccc1)c1ccccc1. The fourth-order valence-corrected chi connectivity index (χ4v) is 11.3. The van der Waals surface area contributed by atoms with E-state index in [2.05, 4.69) is 76.2 Å². The van der Waals surface area contributed by atoms with Gasteiger partial charge in [-0.15, -0.1) is 0 Å². The van der Waals surface area contributed by atoms with Gasteiger partial charge in [-0.3, -0.25) is 4.79 Å². The number of fused-ring (bicyclic) bond motifs is 2. The van der Waals surface area contributed by atoms with Crippen molar-refractivity contribution >= 4 is 24.5 Å². The van der Waals surface area contributed by atoms with E-state index >= 15 is 0 Å².